The highest BCUT2D eigenvalue weighted by Gasteiger charge is 2.06. The summed E-state index contributed by atoms with van der Waals surface area (Å²) in [5, 5.41) is 2.90. The van der Waals surface area contributed by atoms with Gasteiger partial charge in [-0.1, -0.05) is 25.1 Å². The number of anilines is 1. The van der Waals surface area contributed by atoms with Crippen LogP contribution in [0.4, 0.5) is 5.69 Å². The van der Waals surface area contributed by atoms with Gasteiger partial charge < -0.3 is 10.2 Å². The maximum Gasteiger partial charge on any atom is 0.221 e. The molecule has 0 saturated heterocycles. The van der Waals surface area contributed by atoms with Gasteiger partial charge in [0.2, 0.25) is 5.91 Å². The van der Waals surface area contributed by atoms with E-state index < -0.39 is 0 Å². The zero-order valence-corrected chi connectivity index (χ0v) is 10.8. The van der Waals surface area contributed by atoms with Crippen LogP contribution < -0.4 is 10.2 Å². The molecule has 0 spiro atoms. The summed E-state index contributed by atoms with van der Waals surface area (Å²) in [5.74, 6) is 0.140. The molecule has 0 aliphatic carbocycles. The summed E-state index contributed by atoms with van der Waals surface area (Å²) in [6, 6.07) is 10.2. The predicted octanol–water partition coefficient (Wildman–Crippen LogP) is 2.43. The lowest BCUT2D eigenvalue weighted by Gasteiger charge is -2.22. The van der Waals surface area contributed by atoms with Crippen molar-refractivity contribution >= 4 is 11.6 Å². The van der Waals surface area contributed by atoms with Crippen LogP contribution >= 0.6 is 0 Å². The van der Waals surface area contributed by atoms with Crippen molar-refractivity contribution in [3.05, 3.63) is 30.3 Å². The number of hydrogen-bond donors (Lipinski definition) is 1. The Labute approximate surface area is 104 Å². The highest BCUT2D eigenvalue weighted by molar-refractivity contribution is 5.76. The number of nitrogens with zero attached hydrogens (tertiary/aromatic N) is 1. The molecule has 0 radical (unpaired) electrons. The van der Waals surface area contributed by atoms with Gasteiger partial charge in [-0.05, 0) is 25.5 Å². The molecular weight excluding hydrogens is 212 g/mol. The standard InChI is InChI=1S/C14H22N2O/c1-3-11-15-14(17)10-12-16(4-2)13-8-6-5-7-9-13/h5-9H,3-4,10-12H2,1-2H3,(H,15,17). The van der Waals surface area contributed by atoms with Crippen LogP contribution in [0.2, 0.25) is 0 Å². The molecule has 1 aromatic carbocycles. The number of amides is 1. The van der Waals surface area contributed by atoms with Crippen molar-refractivity contribution in [3.63, 3.8) is 0 Å². The van der Waals surface area contributed by atoms with Crippen molar-refractivity contribution in [3.8, 4) is 0 Å². The number of rotatable bonds is 7. The Bertz CT molecular complexity index is 324. The number of nitrogens with one attached hydrogen (secondary N) is 1. The van der Waals surface area contributed by atoms with Gasteiger partial charge in [-0.25, -0.2) is 0 Å². The van der Waals surface area contributed by atoms with E-state index in [1.165, 1.54) is 5.69 Å². The fourth-order valence-electron chi connectivity index (χ4n) is 1.70. The summed E-state index contributed by atoms with van der Waals surface area (Å²) in [7, 11) is 0. The normalized spacial score (nSPS) is 10.0. The molecule has 1 rings (SSSR count). The Hall–Kier alpha value is -1.51. The Morgan fingerprint density at radius 1 is 1.24 bits per heavy atom. The van der Waals surface area contributed by atoms with Crippen molar-refractivity contribution in [1.29, 1.82) is 0 Å². The summed E-state index contributed by atoms with van der Waals surface area (Å²) in [4.78, 5) is 13.7. The summed E-state index contributed by atoms with van der Waals surface area (Å²) in [6.45, 7) is 6.64. The fourth-order valence-corrected chi connectivity index (χ4v) is 1.70. The Morgan fingerprint density at radius 2 is 1.94 bits per heavy atom. The first-order valence-electron chi connectivity index (χ1n) is 6.34. The van der Waals surface area contributed by atoms with Gasteiger partial charge in [-0.2, -0.15) is 0 Å². The molecule has 0 saturated carbocycles. The molecule has 0 aliphatic heterocycles. The molecule has 0 atom stereocenters. The number of hydrogen-bond acceptors (Lipinski definition) is 2. The van der Waals surface area contributed by atoms with E-state index in [9.17, 15) is 4.79 Å². The monoisotopic (exact) mass is 234 g/mol. The minimum atomic E-state index is 0.140. The molecule has 3 nitrogen and oxygen atoms in total. The highest BCUT2D eigenvalue weighted by Crippen LogP contribution is 2.12. The molecular formula is C14H22N2O. The van der Waals surface area contributed by atoms with Crippen molar-refractivity contribution in [1.82, 2.24) is 5.32 Å². The van der Waals surface area contributed by atoms with E-state index >= 15 is 0 Å². The molecule has 17 heavy (non-hydrogen) atoms. The average Bonchev–Trinajstić information content (AvgIpc) is 2.38. The molecule has 0 bridgehead atoms. The number of carbonyl (C=O) groups excluding carboxylic acids is 1. The molecule has 1 aromatic rings. The first-order chi connectivity index (χ1) is 8.27. The van der Waals surface area contributed by atoms with Crippen LogP contribution in [0.1, 0.15) is 26.7 Å². The second-order valence-electron chi connectivity index (χ2n) is 4.02. The first-order valence-corrected chi connectivity index (χ1v) is 6.34. The van der Waals surface area contributed by atoms with E-state index in [-0.39, 0.29) is 5.91 Å². The van der Waals surface area contributed by atoms with Gasteiger partial charge in [-0.3, -0.25) is 4.79 Å². The SMILES string of the molecule is CCCNC(=O)CCN(CC)c1ccccc1. The molecule has 3 heteroatoms. The lowest BCUT2D eigenvalue weighted by atomic mass is 10.2. The van der Waals surface area contributed by atoms with Gasteiger partial charge in [-0.15, -0.1) is 0 Å². The Kier molecular flexibility index (Phi) is 6.15. The smallest absolute Gasteiger partial charge is 0.221 e. The number of carbonyl (C=O) groups is 1. The summed E-state index contributed by atoms with van der Waals surface area (Å²) < 4.78 is 0. The molecule has 94 valence electrons. The minimum absolute atomic E-state index is 0.140. The quantitative estimate of drug-likeness (QED) is 0.786. The van der Waals surface area contributed by atoms with Gasteiger partial charge >= 0.3 is 0 Å². The molecule has 0 fully saturated rings. The molecule has 1 amide bonds. The molecule has 1 N–H and O–H groups in total. The Morgan fingerprint density at radius 3 is 2.53 bits per heavy atom. The zero-order chi connectivity index (χ0) is 12.5. The van der Waals surface area contributed by atoms with Gasteiger partial charge in [0.1, 0.15) is 0 Å². The van der Waals surface area contributed by atoms with E-state index in [1.807, 2.05) is 18.2 Å². The van der Waals surface area contributed by atoms with Gasteiger partial charge in [0.15, 0.2) is 0 Å². The zero-order valence-electron chi connectivity index (χ0n) is 10.8. The third kappa shape index (κ3) is 4.89. The van der Waals surface area contributed by atoms with E-state index in [2.05, 4.69) is 36.2 Å². The largest absolute Gasteiger partial charge is 0.371 e. The topological polar surface area (TPSA) is 32.3 Å². The predicted molar refractivity (Wildman–Crippen MR) is 72.2 cm³/mol. The fraction of sp³-hybridized carbons (Fsp3) is 0.500. The van der Waals surface area contributed by atoms with Crippen LogP contribution in [0, 0.1) is 0 Å². The second kappa shape index (κ2) is 7.71. The van der Waals surface area contributed by atoms with Crippen molar-refractivity contribution in [2.45, 2.75) is 26.7 Å². The van der Waals surface area contributed by atoms with Crippen molar-refractivity contribution in [2.24, 2.45) is 0 Å². The lowest BCUT2D eigenvalue weighted by molar-refractivity contribution is -0.120. The van der Waals surface area contributed by atoms with E-state index in [0.29, 0.717) is 6.42 Å². The molecule has 0 aromatic heterocycles. The minimum Gasteiger partial charge on any atom is -0.371 e. The van der Waals surface area contributed by atoms with Gasteiger partial charge in [0.05, 0.1) is 0 Å². The van der Waals surface area contributed by atoms with Crippen LogP contribution in [0.25, 0.3) is 0 Å². The Balaban J connectivity index is 2.40. The third-order valence-electron chi connectivity index (χ3n) is 2.68. The maximum atomic E-state index is 11.5. The maximum absolute atomic E-state index is 11.5. The van der Waals surface area contributed by atoms with Crippen molar-refractivity contribution < 1.29 is 4.79 Å². The van der Waals surface area contributed by atoms with Crippen LogP contribution in [0.3, 0.4) is 0 Å². The first kappa shape index (κ1) is 13.6. The average molecular weight is 234 g/mol. The highest BCUT2D eigenvalue weighted by atomic mass is 16.1. The summed E-state index contributed by atoms with van der Waals surface area (Å²) >= 11 is 0. The number of para-hydroxylation sites is 1. The second-order valence-corrected chi connectivity index (χ2v) is 4.02. The van der Waals surface area contributed by atoms with Crippen molar-refractivity contribution in [2.75, 3.05) is 24.5 Å². The molecule has 0 unspecified atom stereocenters. The van der Waals surface area contributed by atoms with Crippen LogP contribution in [0.5, 0.6) is 0 Å². The van der Waals surface area contributed by atoms with E-state index in [1.54, 1.807) is 0 Å². The summed E-state index contributed by atoms with van der Waals surface area (Å²) in [5.41, 5.74) is 1.18. The van der Waals surface area contributed by atoms with Gasteiger partial charge in [0, 0.05) is 31.7 Å². The summed E-state index contributed by atoms with van der Waals surface area (Å²) in [6.07, 6.45) is 1.55. The number of benzene rings is 1. The van der Waals surface area contributed by atoms with Crippen LogP contribution in [-0.2, 0) is 4.79 Å². The lowest BCUT2D eigenvalue weighted by Crippen LogP contribution is -2.31. The van der Waals surface area contributed by atoms with Crippen LogP contribution in [0.15, 0.2) is 30.3 Å². The van der Waals surface area contributed by atoms with E-state index in [4.69, 9.17) is 0 Å². The van der Waals surface area contributed by atoms with E-state index in [0.717, 1.165) is 26.1 Å². The van der Waals surface area contributed by atoms with Crippen LogP contribution in [-0.4, -0.2) is 25.5 Å². The molecule has 0 heterocycles. The molecule has 0 aliphatic rings. The third-order valence-corrected chi connectivity index (χ3v) is 2.68. The van der Waals surface area contributed by atoms with Gasteiger partial charge in [0.25, 0.3) is 0 Å².